The van der Waals surface area contributed by atoms with E-state index in [-0.39, 0.29) is 11.4 Å². The van der Waals surface area contributed by atoms with Crippen LogP contribution in [0, 0.1) is 18.7 Å². The number of carboxylic acid groups (broad SMARTS) is 1. The van der Waals surface area contributed by atoms with Gasteiger partial charge < -0.3 is 5.11 Å². The minimum absolute atomic E-state index is 0.0563. The van der Waals surface area contributed by atoms with Gasteiger partial charge in [-0.25, -0.2) is 12.8 Å². The number of aryl methyl sites for hydroxylation is 1. The molecule has 0 amide bonds. The fourth-order valence-electron chi connectivity index (χ4n) is 3.24. The molecule has 26 heavy (non-hydrogen) atoms. The van der Waals surface area contributed by atoms with Crippen LogP contribution in [0.2, 0.25) is 0 Å². The Labute approximate surface area is 152 Å². The highest BCUT2D eigenvalue weighted by atomic mass is 32.2. The Morgan fingerprint density at radius 2 is 1.88 bits per heavy atom. The molecule has 3 rings (SSSR count). The summed E-state index contributed by atoms with van der Waals surface area (Å²) in [6.45, 7) is 1.86. The van der Waals surface area contributed by atoms with E-state index in [0.717, 1.165) is 16.7 Å². The monoisotopic (exact) mass is 377 g/mol. The number of aliphatic carboxylic acids is 1. The van der Waals surface area contributed by atoms with Crippen LogP contribution in [0.1, 0.15) is 22.3 Å². The number of fused-ring (bicyclic) bond motifs is 1. The molecule has 138 valence electrons. The van der Waals surface area contributed by atoms with Gasteiger partial charge in [-0.15, -0.1) is 0 Å². The average Bonchev–Trinajstić information content (AvgIpc) is 3.01. The summed E-state index contributed by atoms with van der Waals surface area (Å²) < 4.78 is 40.4. The van der Waals surface area contributed by atoms with Crippen molar-refractivity contribution in [3.05, 3.63) is 64.5 Å². The normalized spacial score (nSPS) is 16.7. The Morgan fingerprint density at radius 1 is 1.19 bits per heavy atom. The van der Waals surface area contributed by atoms with Crippen LogP contribution in [0.5, 0.6) is 0 Å². The van der Waals surface area contributed by atoms with Gasteiger partial charge in [0.2, 0.25) is 10.0 Å². The van der Waals surface area contributed by atoms with Crippen molar-refractivity contribution in [1.29, 1.82) is 0 Å². The molecule has 1 aliphatic carbocycles. The van der Waals surface area contributed by atoms with Gasteiger partial charge in [-0.1, -0.05) is 12.1 Å². The number of carbonyl (C=O) groups is 1. The standard InChI is InChI=1S/C19H20FNO4S/c1-12-3-5-17(20)9-16(12)11-21(2)26(24,25)18-6-4-13-7-15(19(22)23)8-14(13)10-18/h3-6,9-10,15H,7-8,11H2,1-2H3,(H,22,23). The first kappa shape index (κ1) is 18.5. The molecular formula is C19H20FNO4S. The SMILES string of the molecule is Cc1ccc(F)cc1CN(C)S(=O)(=O)c1ccc2c(c1)CC(C(=O)O)C2. The van der Waals surface area contributed by atoms with Crippen molar-refractivity contribution in [3.8, 4) is 0 Å². The second-order valence-corrected chi connectivity index (χ2v) is 8.75. The minimum atomic E-state index is -3.76. The Kier molecular flexibility index (Phi) is 4.86. The lowest BCUT2D eigenvalue weighted by Gasteiger charge is -2.19. The molecule has 0 radical (unpaired) electrons. The van der Waals surface area contributed by atoms with Crippen LogP contribution in [-0.2, 0) is 34.2 Å². The molecule has 0 bridgehead atoms. The Balaban J connectivity index is 1.86. The molecule has 0 heterocycles. The number of sulfonamides is 1. The molecule has 1 aliphatic rings. The lowest BCUT2D eigenvalue weighted by molar-refractivity contribution is -0.141. The van der Waals surface area contributed by atoms with Gasteiger partial charge in [0.1, 0.15) is 5.82 Å². The van der Waals surface area contributed by atoms with E-state index in [9.17, 15) is 17.6 Å². The van der Waals surface area contributed by atoms with Crippen LogP contribution >= 0.6 is 0 Å². The highest BCUT2D eigenvalue weighted by Gasteiger charge is 2.29. The van der Waals surface area contributed by atoms with Crippen LogP contribution in [0.25, 0.3) is 0 Å². The summed E-state index contributed by atoms with van der Waals surface area (Å²) in [4.78, 5) is 11.3. The lowest BCUT2D eigenvalue weighted by Crippen LogP contribution is -2.27. The van der Waals surface area contributed by atoms with Gasteiger partial charge in [-0.05, 0) is 66.3 Å². The first-order valence-corrected chi connectivity index (χ1v) is 9.68. The molecule has 0 aliphatic heterocycles. The van der Waals surface area contributed by atoms with Gasteiger partial charge in [-0.2, -0.15) is 4.31 Å². The van der Waals surface area contributed by atoms with Gasteiger partial charge in [0.15, 0.2) is 0 Å². The molecule has 0 saturated heterocycles. The predicted octanol–water partition coefficient (Wildman–Crippen LogP) is 2.75. The van der Waals surface area contributed by atoms with Gasteiger partial charge in [-0.3, -0.25) is 4.79 Å². The number of carboxylic acids is 1. The molecule has 0 fully saturated rings. The maximum absolute atomic E-state index is 13.5. The van der Waals surface area contributed by atoms with E-state index >= 15 is 0 Å². The van der Waals surface area contributed by atoms with Crippen molar-refractivity contribution < 1.29 is 22.7 Å². The summed E-state index contributed by atoms with van der Waals surface area (Å²) in [7, 11) is -2.31. The van der Waals surface area contributed by atoms with Crippen molar-refractivity contribution in [1.82, 2.24) is 4.31 Å². The minimum Gasteiger partial charge on any atom is -0.481 e. The summed E-state index contributed by atoms with van der Waals surface area (Å²) in [6, 6.07) is 9.04. The number of nitrogens with zero attached hydrogens (tertiary/aromatic N) is 1. The molecule has 2 aromatic carbocycles. The summed E-state index contributed by atoms with van der Waals surface area (Å²) in [6.07, 6.45) is 0.754. The summed E-state index contributed by atoms with van der Waals surface area (Å²) in [5, 5.41) is 9.16. The lowest BCUT2D eigenvalue weighted by atomic mass is 10.1. The van der Waals surface area contributed by atoms with Gasteiger partial charge in [0, 0.05) is 13.6 Å². The number of hydrogen-bond donors (Lipinski definition) is 1. The number of hydrogen-bond acceptors (Lipinski definition) is 3. The van der Waals surface area contributed by atoms with Crippen molar-refractivity contribution in [2.24, 2.45) is 5.92 Å². The molecule has 1 atom stereocenters. The van der Waals surface area contributed by atoms with E-state index in [1.807, 2.05) is 0 Å². The first-order valence-electron chi connectivity index (χ1n) is 8.24. The van der Waals surface area contributed by atoms with Gasteiger partial charge >= 0.3 is 5.97 Å². The summed E-state index contributed by atoms with van der Waals surface area (Å²) in [5.74, 6) is -1.78. The van der Waals surface area contributed by atoms with Crippen LogP contribution < -0.4 is 0 Å². The van der Waals surface area contributed by atoms with Crippen molar-refractivity contribution in [2.75, 3.05) is 7.05 Å². The summed E-state index contributed by atoms with van der Waals surface area (Å²) in [5.41, 5.74) is 3.05. The highest BCUT2D eigenvalue weighted by molar-refractivity contribution is 7.89. The maximum Gasteiger partial charge on any atom is 0.307 e. The summed E-state index contributed by atoms with van der Waals surface area (Å²) >= 11 is 0. The molecule has 0 spiro atoms. The molecule has 1 N–H and O–H groups in total. The average molecular weight is 377 g/mol. The van der Waals surface area contributed by atoms with Crippen molar-refractivity contribution in [3.63, 3.8) is 0 Å². The number of rotatable bonds is 5. The van der Waals surface area contributed by atoms with E-state index in [0.29, 0.717) is 18.4 Å². The maximum atomic E-state index is 13.5. The van der Waals surface area contributed by atoms with E-state index in [1.54, 1.807) is 25.1 Å². The fourth-order valence-corrected chi connectivity index (χ4v) is 4.44. The largest absolute Gasteiger partial charge is 0.481 e. The van der Waals surface area contributed by atoms with E-state index in [4.69, 9.17) is 5.11 Å². The third kappa shape index (κ3) is 3.50. The van der Waals surface area contributed by atoms with Gasteiger partial charge in [0.25, 0.3) is 0 Å². The van der Waals surface area contributed by atoms with Crippen LogP contribution in [-0.4, -0.2) is 30.8 Å². The molecule has 2 aromatic rings. The number of benzene rings is 2. The smallest absolute Gasteiger partial charge is 0.307 e. The van der Waals surface area contributed by atoms with Crippen molar-refractivity contribution in [2.45, 2.75) is 31.2 Å². The second kappa shape index (κ2) is 6.81. The third-order valence-electron chi connectivity index (χ3n) is 4.87. The van der Waals surface area contributed by atoms with E-state index < -0.39 is 27.7 Å². The molecule has 5 nitrogen and oxygen atoms in total. The van der Waals surface area contributed by atoms with E-state index in [2.05, 4.69) is 0 Å². The van der Waals surface area contributed by atoms with Crippen LogP contribution in [0.4, 0.5) is 4.39 Å². The zero-order valence-electron chi connectivity index (χ0n) is 14.6. The zero-order chi connectivity index (χ0) is 19.1. The van der Waals surface area contributed by atoms with E-state index in [1.165, 1.54) is 29.6 Å². The molecule has 0 saturated carbocycles. The zero-order valence-corrected chi connectivity index (χ0v) is 15.4. The third-order valence-corrected chi connectivity index (χ3v) is 6.67. The Morgan fingerprint density at radius 3 is 2.58 bits per heavy atom. The molecule has 1 unspecified atom stereocenters. The second-order valence-electron chi connectivity index (χ2n) is 6.71. The molecule has 0 aromatic heterocycles. The fraction of sp³-hybridized carbons (Fsp3) is 0.316. The quantitative estimate of drug-likeness (QED) is 0.869. The Hall–Kier alpha value is -2.25. The Bertz CT molecular complexity index is 971. The topological polar surface area (TPSA) is 74.7 Å². The first-order chi connectivity index (χ1) is 12.2. The molecular weight excluding hydrogens is 357 g/mol. The van der Waals surface area contributed by atoms with Crippen LogP contribution in [0.3, 0.4) is 0 Å². The predicted molar refractivity (Wildman–Crippen MR) is 94.8 cm³/mol. The van der Waals surface area contributed by atoms with Crippen molar-refractivity contribution >= 4 is 16.0 Å². The highest BCUT2D eigenvalue weighted by Crippen LogP contribution is 2.30. The van der Waals surface area contributed by atoms with Crippen LogP contribution in [0.15, 0.2) is 41.3 Å². The molecule has 7 heteroatoms. The number of halogens is 1. The van der Waals surface area contributed by atoms with Gasteiger partial charge in [0.05, 0.1) is 10.8 Å².